The Morgan fingerprint density at radius 2 is 1.67 bits per heavy atom. The maximum atomic E-state index is 2.60. The van der Waals surface area contributed by atoms with E-state index in [1.165, 1.54) is 32.1 Å². The van der Waals surface area contributed by atoms with Crippen molar-refractivity contribution >= 4 is 0 Å². The summed E-state index contributed by atoms with van der Waals surface area (Å²) in [5.41, 5.74) is 1.40. The summed E-state index contributed by atoms with van der Waals surface area (Å²) in [7, 11) is 0. The van der Waals surface area contributed by atoms with Crippen LogP contribution < -0.4 is 0 Å². The van der Waals surface area contributed by atoms with Crippen molar-refractivity contribution in [1.29, 1.82) is 0 Å². The molecule has 15 heavy (non-hydrogen) atoms. The molecule has 0 heterocycles. The summed E-state index contributed by atoms with van der Waals surface area (Å²) in [6.07, 6.45) is 7.56. The Bertz CT molecular complexity index is 278. The van der Waals surface area contributed by atoms with E-state index >= 15 is 0 Å². The molecular weight excluding hydrogens is 180 g/mol. The van der Waals surface area contributed by atoms with Gasteiger partial charge in [0.2, 0.25) is 0 Å². The Balaban J connectivity index is 1.94. The molecule has 5 unspecified atom stereocenters. The van der Waals surface area contributed by atoms with Gasteiger partial charge in [-0.3, -0.25) is 0 Å². The zero-order chi connectivity index (χ0) is 10.8. The van der Waals surface area contributed by atoms with Gasteiger partial charge in [-0.15, -0.1) is 0 Å². The third kappa shape index (κ3) is 1.20. The van der Waals surface area contributed by atoms with Crippen LogP contribution in [-0.2, 0) is 0 Å². The van der Waals surface area contributed by atoms with Gasteiger partial charge in [0.25, 0.3) is 0 Å². The monoisotopic (exact) mass is 206 g/mol. The van der Waals surface area contributed by atoms with Crippen molar-refractivity contribution in [2.45, 2.75) is 59.8 Å². The maximum absolute atomic E-state index is 2.60. The third-order valence-corrected chi connectivity index (χ3v) is 6.38. The molecule has 0 heteroatoms. The van der Waals surface area contributed by atoms with Crippen molar-refractivity contribution in [2.75, 3.05) is 0 Å². The second-order valence-electron chi connectivity index (χ2n) is 7.54. The van der Waals surface area contributed by atoms with Gasteiger partial charge >= 0.3 is 0 Å². The number of hydrogen-bond acceptors (Lipinski definition) is 0. The fourth-order valence-electron chi connectivity index (χ4n) is 5.45. The Morgan fingerprint density at radius 1 is 0.933 bits per heavy atom. The number of fused-ring (bicyclic) bond motifs is 3. The van der Waals surface area contributed by atoms with Crippen LogP contribution in [0.2, 0.25) is 0 Å². The Kier molecular flexibility index (Phi) is 1.91. The van der Waals surface area contributed by atoms with Crippen molar-refractivity contribution in [3.8, 4) is 0 Å². The molecule has 5 atom stereocenters. The first kappa shape index (κ1) is 10.2. The molecule has 0 aliphatic heterocycles. The van der Waals surface area contributed by atoms with Gasteiger partial charge in [0.05, 0.1) is 0 Å². The zero-order valence-electron chi connectivity index (χ0n) is 10.8. The van der Waals surface area contributed by atoms with Crippen LogP contribution in [0, 0.1) is 34.5 Å². The summed E-state index contributed by atoms with van der Waals surface area (Å²) in [6, 6.07) is 0. The molecule has 0 aromatic heterocycles. The molecule has 0 spiro atoms. The van der Waals surface area contributed by atoms with Gasteiger partial charge in [0, 0.05) is 0 Å². The highest BCUT2D eigenvalue weighted by atomic mass is 14.7. The van der Waals surface area contributed by atoms with Gasteiger partial charge in [0.15, 0.2) is 0 Å². The molecule has 0 aromatic rings. The Labute approximate surface area is 94.8 Å². The van der Waals surface area contributed by atoms with Crippen molar-refractivity contribution in [2.24, 2.45) is 34.5 Å². The lowest BCUT2D eigenvalue weighted by molar-refractivity contribution is 0.147. The molecule has 3 aliphatic rings. The molecule has 3 saturated carbocycles. The standard InChI is InChI=1S/C15H26/c1-10-7-9-15(4)8-5-6-11-13(12(10)15)14(11,2)3/h10-13H,5-9H2,1-4H3. The first-order chi connectivity index (χ1) is 6.97. The molecule has 0 bridgehead atoms. The minimum absolute atomic E-state index is 0.685. The van der Waals surface area contributed by atoms with Gasteiger partial charge in [0.1, 0.15) is 0 Å². The van der Waals surface area contributed by atoms with Crippen LogP contribution >= 0.6 is 0 Å². The van der Waals surface area contributed by atoms with Crippen LogP contribution in [0.4, 0.5) is 0 Å². The summed E-state index contributed by atoms with van der Waals surface area (Å²) in [4.78, 5) is 0. The molecule has 0 radical (unpaired) electrons. The number of rotatable bonds is 0. The van der Waals surface area contributed by atoms with E-state index in [4.69, 9.17) is 0 Å². The maximum Gasteiger partial charge on any atom is -0.0289 e. The molecule has 0 amide bonds. The first-order valence-corrected chi connectivity index (χ1v) is 6.97. The van der Waals surface area contributed by atoms with Crippen LogP contribution in [0.1, 0.15) is 59.8 Å². The van der Waals surface area contributed by atoms with Crippen molar-refractivity contribution < 1.29 is 0 Å². The highest BCUT2D eigenvalue weighted by Gasteiger charge is 2.66. The van der Waals surface area contributed by atoms with Crippen LogP contribution in [-0.4, -0.2) is 0 Å². The van der Waals surface area contributed by atoms with Crippen LogP contribution in [0.3, 0.4) is 0 Å². The Morgan fingerprint density at radius 3 is 2.40 bits per heavy atom. The van der Waals surface area contributed by atoms with E-state index < -0.39 is 0 Å². The van der Waals surface area contributed by atoms with E-state index in [1.54, 1.807) is 0 Å². The zero-order valence-corrected chi connectivity index (χ0v) is 10.8. The average molecular weight is 206 g/mol. The van der Waals surface area contributed by atoms with Crippen molar-refractivity contribution in [3.63, 3.8) is 0 Å². The Hall–Kier alpha value is 0. The quantitative estimate of drug-likeness (QED) is 0.547. The summed E-state index contributed by atoms with van der Waals surface area (Å²) in [5, 5.41) is 0. The van der Waals surface area contributed by atoms with E-state index in [1.807, 2.05) is 0 Å². The lowest BCUT2D eigenvalue weighted by atomic mass is 9.71. The topological polar surface area (TPSA) is 0 Å². The molecule has 0 N–H and O–H groups in total. The highest BCUT2D eigenvalue weighted by Crippen LogP contribution is 2.72. The van der Waals surface area contributed by atoms with Crippen molar-refractivity contribution in [3.05, 3.63) is 0 Å². The minimum Gasteiger partial charge on any atom is -0.0622 e. The molecule has 86 valence electrons. The molecule has 0 saturated heterocycles. The lowest BCUT2D eigenvalue weighted by Crippen LogP contribution is -2.27. The predicted molar refractivity (Wildman–Crippen MR) is 64.6 cm³/mol. The smallest absolute Gasteiger partial charge is 0.0289 e. The summed E-state index contributed by atoms with van der Waals surface area (Å²) < 4.78 is 0. The summed E-state index contributed by atoms with van der Waals surface area (Å²) >= 11 is 0. The van der Waals surface area contributed by atoms with Gasteiger partial charge in [-0.05, 0) is 60.2 Å². The fourth-order valence-corrected chi connectivity index (χ4v) is 5.45. The molecule has 3 fully saturated rings. The largest absolute Gasteiger partial charge is 0.0622 e. The van der Waals surface area contributed by atoms with E-state index in [0.717, 1.165) is 23.7 Å². The predicted octanol–water partition coefficient (Wildman–Crippen LogP) is 4.49. The summed E-state index contributed by atoms with van der Waals surface area (Å²) in [6.45, 7) is 10.2. The van der Waals surface area contributed by atoms with E-state index in [0.29, 0.717) is 10.8 Å². The molecular formula is C15H26. The van der Waals surface area contributed by atoms with E-state index in [-0.39, 0.29) is 0 Å². The average Bonchev–Trinajstić information content (AvgIpc) is 2.62. The first-order valence-electron chi connectivity index (χ1n) is 6.97. The van der Waals surface area contributed by atoms with E-state index in [9.17, 15) is 0 Å². The molecule has 3 aliphatic carbocycles. The van der Waals surface area contributed by atoms with Crippen molar-refractivity contribution in [1.82, 2.24) is 0 Å². The lowest BCUT2D eigenvalue weighted by Gasteiger charge is -2.34. The highest BCUT2D eigenvalue weighted by molar-refractivity contribution is 5.14. The van der Waals surface area contributed by atoms with Crippen LogP contribution in [0.5, 0.6) is 0 Å². The third-order valence-electron chi connectivity index (χ3n) is 6.38. The molecule has 3 rings (SSSR count). The number of hydrogen-bond donors (Lipinski definition) is 0. The second kappa shape index (κ2) is 2.81. The van der Waals surface area contributed by atoms with Gasteiger partial charge < -0.3 is 0 Å². The second-order valence-corrected chi connectivity index (χ2v) is 7.54. The van der Waals surface area contributed by atoms with Gasteiger partial charge in [-0.25, -0.2) is 0 Å². The van der Waals surface area contributed by atoms with Crippen LogP contribution in [0.15, 0.2) is 0 Å². The fraction of sp³-hybridized carbons (Fsp3) is 1.00. The van der Waals surface area contributed by atoms with E-state index in [2.05, 4.69) is 27.7 Å². The summed E-state index contributed by atoms with van der Waals surface area (Å²) in [5.74, 6) is 4.20. The van der Waals surface area contributed by atoms with Gasteiger partial charge in [-0.2, -0.15) is 0 Å². The van der Waals surface area contributed by atoms with Gasteiger partial charge in [-0.1, -0.05) is 34.1 Å². The normalized spacial score (nSPS) is 56.8. The van der Waals surface area contributed by atoms with Crippen LogP contribution in [0.25, 0.3) is 0 Å². The molecule has 0 nitrogen and oxygen atoms in total. The SMILES string of the molecule is CC1CCC2(C)CCCC3C(C12)C3(C)C. The minimum atomic E-state index is 0.685. The molecule has 0 aromatic carbocycles.